The van der Waals surface area contributed by atoms with Crippen LogP contribution in [0.4, 0.5) is 11.4 Å². The summed E-state index contributed by atoms with van der Waals surface area (Å²) >= 11 is 3.51. The first-order valence-electron chi connectivity index (χ1n) is 11.5. The van der Waals surface area contributed by atoms with Crippen molar-refractivity contribution in [2.45, 2.75) is 6.42 Å². The minimum atomic E-state index is -0.594. The van der Waals surface area contributed by atoms with Gasteiger partial charge in [0.15, 0.2) is 28.8 Å². The predicted molar refractivity (Wildman–Crippen MR) is 152 cm³/mol. The molecule has 0 saturated heterocycles. The molecule has 11 heteroatoms. The van der Waals surface area contributed by atoms with Gasteiger partial charge in [0, 0.05) is 24.3 Å². The maximum atomic E-state index is 12.7. The van der Waals surface area contributed by atoms with E-state index in [1.54, 1.807) is 27.4 Å². The third-order valence-corrected chi connectivity index (χ3v) is 6.20. The van der Waals surface area contributed by atoms with Gasteiger partial charge in [-0.25, -0.2) is 0 Å². The Balaban J connectivity index is 1.86. The number of aliphatic imine (C=N–C) groups is 1. The summed E-state index contributed by atoms with van der Waals surface area (Å²) < 4.78 is 27.3. The van der Waals surface area contributed by atoms with E-state index in [9.17, 15) is 14.9 Å². The quantitative estimate of drug-likeness (QED) is 0.0757. The van der Waals surface area contributed by atoms with Crippen LogP contribution in [0.25, 0.3) is 12.2 Å². The van der Waals surface area contributed by atoms with Crippen LogP contribution >= 0.6 is 15.9 Å². The van der Waals surface area contributed by atoms with Gasteiger partial charge in [0.1, 0.15) is 5.69 Å². The van der Waals surface area contributed by atoms with Crippen LogP contribution in [0.5, 0.6) is 28.7 Å². The molecule has 0 bridgehead atoms. The Morgan fingerprint density at radius 3 is 1.97 bits per heavy atom. The van der Waals surface area contributed by atoms with Crippen LogP contribution in [0.1, 0.15) is 27.9 Å². The molecule has 0 saturated carbocycles. The molecule has 0 unspecified atom stereocenters. The maximum absolute atomic E-state index is 12.7. The van der Waals surface area contributed by atoms with E-state index in [1.165, 1.54) is 38.6 Å². The van der Waals surface area contributed by atoms with Gasteiger partial charge in [-0.05, 0) is 63.5 Å². The fraction of sp³-hybridized carbons (Fsp3) is 0.214. The Morgan fingerprint density at radius 2 is 1.44 bits per heavy atom. The second-order valence-electron chi connectivity index (χ2n) is 7.93. The molecule has 10 nitrogen and oxygen atoms in total. The highest BCUT2D eigenvalue weighted by molar-refractivity contribution is 9.10. The lowest BCUT2D eigenvalue weighted by Crippen LogP contribution is -2.02. The molecule has 0 aliphatic carbocycles. The summed E-state index contributed by atoms with van der Waals surface area (Å²) in [6.45, 7) is 0. The monoisotopic (exact) mass is 598 g/mol. The van der Waals surface area contributed by atoms with Crippen molar-refractivity contribution in [1.82, 2.24) is 0 Å². The SMILES string of the molecule is COc1ccc(C(=O)CC=Nc2cc(/C=C\c3cc(OC)c(OC)c(OC)c3)cc(Br)c2OC)cc1[N+](=O)[O-]. The molecular formula is C28H27BrN2O8. The normalized spacial score (nSPS) is 11.0. The average molecular weight is 599 g/mol. The fourth-order valence-corrected chi connectivity index (χ4v) is 4.36. The number of hydrogen-bond acceptors (Lipinski definition) is 9. The summed E-state index contributed by atoms with van der Waals surface area (Å²) in [6.07, 6.45) is 5.13. The van der Waals surface area contributed by atoms with Gasteiger partial charge >= 0.3 is 5.69 Å². The Morgan fingerprint density at radius 1 is 0.846 bits per heavy atom. The second kappa shape index (κ2) is 13.4. The first-order valence-corrected chi connectivity index (χ1v) is 12.3. The van der Waals surface area contributed by atoms with E-state index in [-0.39, 0.29) is 29.2 Å². The number of ketones is 1. The van der Waals surface area contributed by atoms with Gasteiger partial charge < -0.3 is 23.7 Å². The number of carbonyl (C=O) groups excluding carboxylic acids is 1. The summed E-state index contributed by atoms with van der Waals surface area (Å²) in [5.41, 5.74) is 2.02. The molecular weight excluding hydrogens is 572 g/mol. The molecule has 204 valence electrons. The van der Waals surface area contributed by atoms with Crippen molar-refractivity contribution in [3.05, 3.63) is 73.7 Å². The number of benzene rings is 3. The van der Waals surface area contributed by atoms with Crippen molar-refractivity contribution in [2.75, 3.05) is 35.5 Å². The van der Waals surface area contributed by atoms with Gasteiger partial charge in [0.05, 0.1) is 44.9 Å². The molecule has 0 heterocycles. The molecule has 0 fully saturated rings. The van der Waals surface area contributed by atoms with E-state index in [1.807, 2.05) is 30.4 Å². The fourth-order valence-electron chi connectivity index (χ4n) is 3.73. The van der Waals surface area contributed by atoms with Gasteiger partial charge in [0.2, 0.25) is 5.75 Å². The first kappa shape index (κ1) is 29.2. The number of nitro benzene ring substituents is 1. The lowest BCUT2D eigenvalue weighted by atomic mass is 10.1. The summed E-state index contributed by atoms with van der Waals surface area (Å²) in [5.74, 6) is 1.80. The first-order chi connectivity index (χ1) is 18.8. The van der Waals surface area contributed by atoms with Gasteiger partial charge in [-0.3, -0.25) is 19.9 Å². The standard InChI is InChI=1S/C28H27BrN2O8/c1-35-24-9-8-19(16-22(24)31(33)34)23(32)10-11-30-21-13-17(12-20(29)27(21)38-4)6-7-18-14-25(36-2)28(39-5)26(15-18)37-3/h6-9,11-16H,10H2,1-5H3/b7-6-,30-11?. The van der Waals surface area contributed by atoms with Crippen LogP contribution in [0.2, 0.25) is 0 Å². The van der Waals surface area contributed by atoms with Gasteiger partial charge in [-0.2, -0.15) is 0 Å². The van der Waals surface area contributed by atoms with E-state index in [4.69, 9.17) is 23.7 Å². The lowest BCUT2D eigenvalue weighted by molar-refractivity contribution is -0.385. The van der Waals surface area contributed by atoms with Gasteiger partial charge in [-0.15, -0.1) is 0 Å². The van der Waals surface area contributed by atoms with E-state index in [0.717, 1.165) is 11.1 Å². The van der Waals surface area contributed by atoms with Crippen LogP contribution < -0.4 is 23.7 Å². The number of nitro groups is 1. The summed E-state index contributed by atoms with van der Waals surface area (Å²) in [7, 11) is 7.50. The number of rotatable bonds is 12. The van der Waals surface area contributed by atoms with Crippen molar-refractivity contribution in [2.24, 2.45) is 4.99 Å². The summed E-state index contributed by atoms with van der Waals surface area (Å²) in [5, 5.41) is 11.3. The van der Waals surface area contributed by atoms with Gasteiger partial charge in [-0.1, -0.05) is 12.2 Å². The Kier molecular flexibility index (Phi) is 10.0. The zero-order chi connectivity index (χ0) is 28.5. The highest BCUT2D eigenvalue weighted by Gasteiger charge is 2.18. The predicted octanol–water partition coefficient (Wildman–Crippen LogP) is 6.55. The highest BCUT2D eigenvalue weighted by Crippen LogP contribution is 2.40. The number of carbonyl (C=O) groups is 1. The molecule has 0 amide bonds. The van der Waals surface area contributed by atoms with Crippen molar-refractivity contribution < 1.29 is 33.4 Å². The molecule has 0 aliphatic heterocycles. The van der Waals surface area contributed by atoms with Crippen LogP contribution in [-0.2, 0) is 0 Å². The highest BCUT2D eigenvalue weighted by atomic mass is 79.9. The van der Waals surface area contributed by atoms with E-state index >= 15 is 0 Å². The second-order valence-corrected chi connectivity index (χ2v) is 8.78. The van der Waals surface area contributed by atoms with Crippen molar-refractivity contribution >= 4 is 51.5 Å². The number of nitrogens with zero attached hydrogens (tertiary/aromatic N) is 2. The molecule has 3 aromatic rings. The smallest absolute Gasteiger partial charge is 0.311 e. The number of halogens is 1. The number of hydrogen-bond donors (Lipinski definition) is 0. The summed E-state index contributed by atoms with van der Waals surface area (Å²) in [6, 6.07) is 11.4. The Hall–Kier alpha value is -4.38. The van der Waals surface area contributed by atoms with Crippen molar-refractivity contribution in [3.8, 4) is 28.7 Å². The minimum Gasteiger partial charge on any atom is -0.493 e. The lowest BCUT2D eigenvalue weighted by Gasteiger charge is -2.13. The van der Waals surface area contributed by atoms with Crippen LogP contribution in [0.3, 0.4) is 0 Å². The minimum absolute atomic E-state index is 0.0736. The van der Waals surface area contributed by atoms with Crippen LogP contribution in [0.15, 0.2) is 51.9 Å². The number of methoxy groups -OCH3 is 5. The molecule has 0 spiro atoms. The van der Waals surface area contributed by atoms with Crippen LogP contribution in [-0.4, -0.2) is 52.5 Å². The Labute approximate surface area is 234 Å². The van der Waals surface area contributed by atoms with E-state index in [2.05, 4.69) is 20.9 Å². The third kappa shape index (κ3) is 6.94. The zero-order valence-corrected chi connectivity index (χ0v) is 23.6. The molecule has 0 radical (unpaired) electrons. The zero-order valence-electron chi connectivity index (χ0n) is 22.0. The molecule has 0 N–H and O–H groups in total. The van der Waals surface area contributed by atoms with Gasteiger partial charge in [0.25, 0.3) is 0 Å². The maximum Gasteiger partial charge on any atom is 0.311 e. The van der Waals surface area contributed by atoms with Crippen molar-refractivity contribution in [1.29, 1.82) is 0 Å². The van der Waals surface area contributed by atoms with Crippen LogP contribution in [0, 0.1) is 10.1 Å². The molecule has 39 heavy (non-hydrogen) atoms. The third-order valence-electron chi connectivity index (χ3n) is 5.61. The van der Waals surface area contributed by atoms with E-state index in [0.29, 0.717) is 33.2 Å². The van der Waals surface area contributed by atoms with Crippen molar-refractivity contribution in [3.63, 3.8) is 0 Å². The average Bonchev–Trinajstić information content (AvgIpc) is 2.94. The molecule has 0 aromatic heterocycles. The summed E-state index contributed by atoms with van der Waals surface area (Å²) in [4.78, 5) is 27.8. The molecule has 0 atom stereocenters. The number of ether oxygens (including phenoxy) is 5. The molecule has 3 aromatic carbocycles. The molecule has 0 aliphatic rings. The Bertz CT molecular complexity index is 1410. The number of Topliss-reactive ketones (excluding diaryl/α,β-unsaturated/α-hetero) is 1. The topological polar surface area (TPSA) is 119 Å². The van der Waals surface area contributed by atoms with E-state index < -0.39 is 4.92 Å². The molecule has 3 rings (SSSR count). The largest absolute Gasteiger partial charge is 0.493 e.